The molecule has 44 heavy (non-hydrogen) atoms. The van der Waals surface area contributed by atoms with Gasteiger partial charge in [0.1, 0.15) is 11.1 Å². The second kappa shape index (κ2) is 11.4. The summed E-state index contributed by atoms with van der Waals surface area (Å²) < 4.78 is 28.3. The van der Waals surface area contributed by atoms with Crippen LogP contribution in [0.4, 0.5) is 14.5 Å². The van der Waals surface area contributed by atoms with Crippen molar-refractivity contribution in [3.63, 3.8) is 0 Å². The molecule has 0 saturated heterocycles. The number of nitrogens with zero attached hydrogens (tertiary/aromatic N) is 4. The first-order valence-electron chi connectivity index (χ1n) is 13.4. The molecule has 0 radical (unpaired) electrons. The van der Waals surface area contributed by atoms with Gasteiger partial charge in [0.2, 0.25) is 0 Å². The van der Waals surface area contributed by atoms with E-state index in [0.717, 1.165) is 34.4 Å². The largest absolute Gasteiger partial charge is 2.00 e. The summed E-state index contributed by atoms with van der Waals surface area (Å²) in [5, 5.41) is 9.42. The number of aromatic nitrogens is 2. The smallest absolute Gasteiger partial charge is 0.300 e. The van der Waals surface area contributed by atoms with Crippen molar-refractivity contribution < 1.29 is 29.8 Å². The van der Waals surface area contributed by atoms with Crippen molar-refractivity contribution in [3.8, 4) is 39.7 Å². The zero-order valence-corrected chi connectivity index (χ0v) is 25.0. The summed E-state index contributed by atoms with van der Waals surface area (Å²) in [6, 6.07) is 40.4. The molecule has 4 aromatic carbocycles. The molecule has 0 N–H and O–H groups in total. The van der Waals surface area contributed by atoms with Gasteiger partial charge in [-0.15, -0.1) is 47.5 Å². The number of nitriles is 1. The maximum atomic E-state index is 14.2. The van der Waals surface area contributed by atoms with Gasteiger partial charge in [-0.25, -0.2) is 0 Å². The summed E-state index contributed by atoms with van der Waals surface area (Å²) in [6.45, 7) is 7.36. The zero-order chi connectivity index (χ0) is 29.6. The average molecular weight is 752 g/mol. The van der Waals surface area contributed by atoms with E-state index in [-0.39, 0.29) is 32.3 Å². The number of halogens is 2. The third-order valence-electron chi connectivity index (χ3n) is 7.79. The topological polar surface area (TPSA) is 53.9 Å². The van der Waals surface area contributed by atoms with Crippen LogP contribution in [0.1, 0.15) is 28.1 Å². The molecule has 7 heteroatoms. The van der Waals surface area contributed by atoms with Gasteiger partial charge in [0.25, 0.3) is 0 Å². The minimum Gasteiger partial charge on any atom is -0.300 e. The Hall–Kier alpha value is -5.29. The van der Waals surface area contributed by atoms with Crippen LogP contribution in [0, 0.1) is 41.7 Å². The number of pyridine rings is 2. The molecular weight excluding hydrogens is 734 g/mol. The Balaban J connectivity index is 0.00000343. The summed E-state index contributed by atoms with van der Waals surface area (Å²) in [4.78, 5) is 13.5. The van der Waals surface area contributed by atoms with Crippen molar-refractivity contribution in [3.05, 3.63) is 172 Å². The first-order valence-corrected chi connectivity index (χ1v) is 13.4. The van der Waals surface area contributed by atoms with Crippen LogP contribution in [-0.2, 0) is 26.5 Å². The molecule has 0 unspecified atom stereocenters. The Morgan fingerprint density at radius 1 is 0.705 bits per heavy atom. The Bertz CT molecular complexity index is 2010. The van der Waals surface area contributed by atoms with Crippen molar-refractivity contribution in [1.82, 2.24) is 9.97 Å². The zero-order valence-electron chi connectivity index (χ0n) is 22.8. The quantitative estimate of drug-likeness (QED) is 0.170. The number of benzene rings is 4. The molecule has 6 aromatic rings. The van der Waals surface area contributed by atoms with E-state index in [1.54, 1.807) is 6.07 Å². The van der Waals surface area contributed by atoms with Gasteiger partial charge >= 0.3 is 21.1 Å². The molecule has 1 aliphatic carbocycles. The van der Waals surface area contributed by atoms with Crippen LogP contribution in [0.25, 0.3) is 38.5 Å². The van der Waals surface area contributed by atoms with Crippen molar-refractivity contribution in [2.24, 2.45) is 0 Å². The van der Waals surface area contributed by atoms with Crippen LogP contribution in [-0.4, -0.2) is 9.97 Å². The number of hydrogen-bond donors (Lipinski definition) is 0. The summed E-state index contributed by atoms with van der Waals surface area (Å²) in [6.07, 6.45) is 0. The van der Waals surface area contributed by atoms with Crippen LogP contribution < -0.4 is 0 Å². The molecule has 0 spiro atoms. The normalized spacial score (nSPS) is 12.3. The fourth-order valence-electron chi connectivity index (χ4n) is 5.91. The minimum absolute atomic E-state index is 0. The first kappa shape index (κ1) is 28.8. The molecule has 4 nitrogen and oxygen atoms in total. The van der Waals surface area contributed by atoms with Crippen molar-refractivity contribution in [2.75, 3.05) is 0 Å². The van der Waals surface area contributed by atoms with Gasteiger partial charge in [0, 0.05) is 11.4 Å². The van der Waals surface area contributed by atoms with Crippen LogP contribution >= 0.6 is 0 Å². The molecule has 0 bridgehead atoms. The van der Waals surface area contributed by atoms with Crippen molar-refractivity contribution in [1.29, 1.82) is 5.26 Å². The molecule has 0 atom stereocenters. The first-order chi connectivity index (χ1) is 21.0. The molecular formula is C37H18F2N4Pt. The van der Waals surface area contributed by atoms with E-state index < -0.39 is 17.0 Å². The van der Waals surface area contributed by atoms with Gasteiger partial charge in [-0.05, 0) is 45.8 Å². The molecule has 0 fully saturated rings. The van der Waals surface area contributed by atoms with Gasteiger partial charge in [0.05, 0.1) is 29.8 Å². The van der Waals surface area contributed by atoms with Crippen LogP contribution in [0.3, 0.4) is 0 Å². The van der Waals surface area contributed by atoms with Crippen molar-refractivity contribution in [2.45, 2.75) is 5.41 Å². The Labute approximate surface area is 267 Å². The molecule has 7 rings (SSSR count). The van der Waals surface area contributed by atoms with E-state index in [4.69, 9.17) is 16.5 Å². The Morgan fingerprint density at radius 3 is 1.77 bits per heavy atom. The van der Waals surface area contributed by atoms with E-state index in [0.29, 0.717) is 33.9 Å². The standard InChI is InChI=1S/C37H18F2N4.Pt/c1-41-34-21-24(17-19-31(34)39)33-13-7-15-36(43-33)37(28-10-4-2-8-26(28)27-9-3-5-11-29(27)37)35-14-6-12-32(42-35)23-16-18-30(38)25(20-23)22-40;/h2-15,18-21H;/q-2;+2. The monoisotopic (exact) mass is 751 g/mol. The van der Waals surface area contributed by atoms with Gasteiger partial charge in [0.15, 0.2) is 0 Å². The van der Waals surface area contributed by atoms with E-state index >= 15 is 0 Å². The number of fused-ring (bicyclic) bond motifs is 3. The number of rotatable bonds is 4. The van der Waals surface area contributed by atoms with E-state index in [2.05, 4.69) is 41.2 Å². The molecule has 0 amide bonds. The third-order valence-corrected chi connectivity index (χ3v) is 7.79. The minimum atomic E-state index is -0.958. The van der Waals surface area contributed by atoms with E-state index in [1.165, 1.54) is 12.1 Å². The summed E-state index contributed by atoms with van der Waals surface area (Å²) >= 11 is 0. The number of hydrogen-bond acceptors (Lipinski definition) is 3. The molecule has 0 saturated carbocycles. The second-order valence-electron chi connectivity index (χ2n) is 10.1. The van der Waals surface area contributed by atoms with Gasteiger partial charge in [-0.1, -0.05) is 72.8 Å². The summed E-state index contributed by atoms with van der Waals surface area (Å²) in [7, 11) is 0. The maximum Gasteiger partial charge on any atom is 2.00 e. The molecule has 1 aliphatic rings. The predicted octanol–water partition coefficient (Wildman–Crippen LogP) is 8.47. The maximum absolute atomic E-state index is 14.2. The Morgan fingerprint density at radius 2 is 1.23 bits per heavy atom. The SMILES string of the molecule is [C-]#[N+]c1cc(-c2cccc(C3(c4cccc(-c5[c-]cc(F)c(C#N)c5)n4)c4ccccc4-c4ccccc43)n2)[c-]cc1F.[Pt+2]. The molecule has 2 heterocycles. The molecule has 0 aliphatic heterocycles. The Kier molecular flexibility index (Phi) is 7.48. The fourth-order valence-corrected chi connectivity index (χ4v) is 5.91. The van der Waals surface area contributed by atoms with Crippen LogP contribution in [0.5, 0.6) is 0 Å². The van der Waals surface area contributed by atoms with E-state index in [9.17, 15) is 14.0 Å². The van der Waals surface area contributed by atoms with Gasteiger partial charge < -0.3 is 0 Å². The predicted molar refractivity (Wildman–Crippen MR) is 159 cm³/mol. The van der Waals surface area contributed by atoms with Crippen LogP contribution in [0.2, 0.25) is 0 Å². The van der Waals surface area contributed by atoms with Gasteiger partial charge in [-0.3, -0.25) is 23.6 Å². The van der Waals surface area contributed by atoms with Gasteiger partial charge in [-0.2, -0.15) is 5.26 Å². The summed E-state index contributed by atoms with van der Waals surface area (Å²) in [5.41, 5.74) is 6.30. The second-order valence-corrected chi connectivity index (χ2v) is 10.1. The third kappa shape index (κ3) is 4.44. The average Bonchev–Trinajstić information content (AvgIpc) is 3.36. The van der Waals surface area contributed by atoms with E-state index in [1.807, 2.05) is 60.7 Å². The molecule has 210 valence electrons. The summed E-state index contributed by atoms with van der Waals surface area (Å²) in [5.74, 6) is -1.28. The molecule has 2 aromatic heterocycles. The van der Waals surface area contributed by atoms with Crippen molar-refractivity contribution >= 4 is 5.69 Å². The van der Waals surface area contributed by atoms with Crippen LogP contribution in [0.15, 0.2) is 109 Å². The fraction of sp³-hybridized carbons (Fsp3) is 0.0270.